The second-order valence-corrected chi connectivity index (χ2v) is 12.1. The van der Waals surface area contributed by atoms with Crippen LogP contribution in [0, 0.1) is 0 Å². The van der Waals surface area contributed by atoms with Crippen molar-refractivity contribution in [2.75, 3.05) is 5.23 Å². The molecule has 0 aliphatic heterocycles. The average molecular weight is 315 g/mol. The number of benzene rings is 2. The lowest BCUT2D eigenvalue weighted by atomic mass is 9.88. The smallest absolute Gasteiger partial charge is 0.406 e. The molecule has 0 radical (unpaired) electrons. The predicted octanol–water partition coefficient (Wildman–Crippen LogP) is 4.75. The molecule has 0 saturated carbocycles. The summed E-state index contributed by atoms with van der Waals surface area (Å²) in [6.07, 6.45) is 0. The summed E-state index contributed by atoms with van der Waals surface area (Å²) in [7, 11) is -2.44. The van der Waals surface area contributed by atoms with Crippen molar-refractivity contribution < 1.29 is 9.45 Å². The molecule has 0 fully saturated rings. The molecule has 3 nitrogen and oxygen atoms in total. The van der Waals surface area contributed by atoms with Gasteiger partial charge < -0.3 is 14.7 Å². The van der Waals surface area contributed by atoms with E-state index in [1.807, 2.05) is 18.2 Å². The Hall–Kier alpha value is -1.46. The maximum Gasteiger partial charge on any atom is 0.406 e. The highest BCUT2D eigenvalue weighted by molar-refractivity contribution is 6.74. The third kappa shape index (κ3) is 3.65. The number of nitrogens with one attached hydrogen (secondary N) is 1. The first kappa shape index (κ1) is 16.9. The van der Waals surface area contributed by atoms with Crippen molar-refractivity contribution in [3.63, 3.8) is 0 Å². The Balaban J connectivity index is 2.41. The molecular formula is C17H26BNO2Si. The van der Waals surface area contributed by atoms with E-state index in [4.69, 9.17) is 4.43 Å². The SMILES string of the molecule is CB(O)Nc1cccc2ccc(O[Si](C)(C)C(C)(C)C)cc12. The van der Waals surface area contributed by atoms with E-state index in [-0.39, 0.29) is 5.04 Å². The van der Waals surface area contributed by atoms with Crippen molar-refractivity contribution in [1.82, 2.24) is 0 Å². The van der Waals surface area contributed by atoms with Crippen molar-refractivity contribution in [3.8, 4) is 5.75 Å². The van der Waals surface area contributed by atoms with E-state index in [1.54, 1.807) is 6.82 Å². The molecule has 0 saturated heterocycles. The monoisotopic (exact) mass is 315 g/mol. The first-order valence-corrected chi connectivity index (χ1v) is 10.7. The molecule has 0 amide bonds. The number of hydrogen-bond acceptors (Lipinski definition) is 3. The Morgan fingerprint density at radius 1 is 1.14 bits per heavy atom. The molecule has 0 spiro atoms. The minimum absolute atomic E-state index is 0.166. The Labute approximate surface area is 135 Å². The normalized spacial score (nSPS) is 12.3. The molecule has 0 heterocycles. The summed E-state index contributed by atoms with van der Waals surface area (Å²) in [6.45, 7) is 12.9. The van der Waals surface area contributed by atoms with Crippen molar-refractivity contribution in [2.45, 2.75) is 45.7 Å². The quantitative estimate of drug-likeness (QED) is 0.800. The van der Waals surface area contributed by atoms with Gasteiger partial charge in [0.15, 0.2) is 0 Å². The van der Waals surface area contributed by atoms with Gasteiger partial charge in [-0.1, -0.05) is 39.0 Å². The molecule has 2 aromatic carbocycles. The topological polar surface area (TPSA) is 41.5 Å². The molecule has 0 aliphatic carbocycles. The van der Waals surface area contributed by atoms with Gasteiger partial charge in [-0.2, -0.15) is 0 Å². The van der Waals surface area contributed by atoms with Gasteiger partial charge in [0.05, 0.1) is 0 Å². The van der Waals surface area contributed by atoms with Crippen molar-refractivity contribution in [3.05, 3.63) is 36.4 Å². The Kier molecular flexibility index (Phi) is 4.59. The van der Waals surface area contributed by atoms with Crippen LogP contribution < -0.4 is 9.65 Å². The zero-order valence-electron chi connectivity index (χ0n) is 14.4. The molecule has 2 aromatic rings. The average Bonchev–Trinajstić information content (AvgIpc) is 2.37. The van der Waals surface area contributed by atoms with Crippen molar-refractivity contribution >= 4 is 31.8 Å². The summed E-state index contributed by atoms with van der Waals surface area (Å²) < 4.78 is 6.38. The van der Waals surface area contributed by atoms with Crippen LogP contribution in [-0.2, 0) is 0 Å². The molecule has 2 N–H and O–H groups in total. The van der Waals surface area contributed by atoms with Crippen molar-refractivity contribution in [1.29, 1.82) is 0 Å². The summed E-state index contributed by atoms with van der Waals surface area (Å²) in [4.78, 5) is 0. The van der Waals surface area contributed by atoms with E-state index in [9.17, 15) is 5.02 Å². The molecule has 0 aromatic heterocycles. The molecule has 118 valence electrons. The van der Waals surface area contributed by atoms with Gasteiger partial charge in [0.1, 0.15) is 5.75 Å². The van der Waals surface area contributed by atoms with Gasteiger partial charge in [0.25, 0.3) is 0 Å². The number of anilines is 1. The number of fused-ring (bicyclic) bond motifs is 1. The van der Waals surface area contributed by atoms with Crippen molar-refractivity contribution in [2.24, 2.45) is 0 Å². The minimum Gasteiger partial charge on any atom is -0.543 e. The van der Waals surface area contributed by atoms with Crippen LogP contribution in [0.3, 0.4) is 0 Å². The van der Waals surface area contributed by atoms with Gasteiger partial charge in [0.2, 0.25) is 8.32 Å². The molecule has 0 unspecified atom stereocenters. The fraction of sp³-hybridized carbons (Fsp3) is 0.412. The predicted molar refractivity (Wildman–Crippen MR) is 99.2 cm³/mol. The maximum absolute atomic E-state index is 9.59. The van der Waals surface area contributed by atoms with Gasteiger partial charge in [-0.05, 0) is 48.5 Å². The van der Waals surface area contributed by atoms with Crippen LogP contribution >= 0.6 is 0 Å². The van der Waals surface area contributed by atoms with Gasteiger partial charge >= 0.3 is 7.05 Å². The Morgan fingerprint density at radius 3 is 2.41 bits per heavy atom. The standard InChI is InChI=1S/C17H26BNO2Si/c1-17(2,3)22(5,6)21-14-11-10-13-8-7-9-16(15(13)12-14)19-18(4)20/h7-12,19-20H,1-6H3. The second-order valence-electron chi connectivity index (χ2n) is 7.37. The third-order valence-corrected chi connectivity index (χ3v) is 8.76. The molecule has 2 rings (SSSR count). The van der Waals surface area contributed by atoms with E-state index in [0.717, 1.165) is 22.2 Å². The van der Waals surface area contributed by atoms with E-state index in [2.05, 4.69) is 57.3 Å². The third-order valence-electron chi connectivity index (χ3n) is 4.40. The summed E-state index contributed by atoms with van der Waals surface area (Å²) in [6, 6.07) is 12.2. The highest BCUT2D eigenvalue weighted by Crippen LogP contribution is 2.38. The lowest BCUT2D eigenvalue weighted by molar-refractivity contribution is 0.493. The molecular weight excluding hydrogens is 289 g/mol. The van der Waals surface area contributed by atoms with Gasteiger partial charge in [-0.3, -0.25) is 0 Å². The summed E-state index contributed by atoms with van der Waals surface area (Å²) in [5, 5.41) is 15.0. The lowest BCUT2D eigenvalue weighted by Crippen LogP contribution is -2.43. The molecule has 0 atom stereocenters. The van der Waals surface area contributed by atoms with E-state index in [1.165, 1.54) is 0 Å². The molecule has 0 bridgehead atoms. The van der Waals surface area contributed by atoms with Crippen LogP contribution in [0.5, 0.6) is 5.75 Å². The molecule has 0 aliphatic rings. The van der Waals surface area contributed by atoms with E-state index in [0.29, 0.717) is 0 Å². The highest BCUT2D eigenvalue weighted by Gasteiger charge is 2.38. The van der Waals surface area contributed by atoms with Crippen LogP contribution in [-0.4, -0.2) is 20.4 Å². The Bertz CT molecular complexity index is 665. The van der Waals surface area contributed by atoms with Crippen LogP contribution in [0.2, 0.25) is 25.0 Å². The second kappa shape index (κ2) is 5.97. The zero-order chi connectivity index (χ0) is 16.5. The number of rotatable bonds is 4. The Morgan fingerprint density at radius 2 is 1.82 bits per heavy atom. The largest absolute Gasteiger partial charge is 0.543 e. The number of hydrogen-bond donors (Lipinski definition) is 2. The van der Waals surface area contributed by atoms with Gasteiger partial charge in [-0.25, -0.2) is 0 Å². The fourth-order valence-corrected chi connectivity index (χ4v) is 3.14. The maximum atomic E-state index is 9.59. The summed E-state index contributed by atoms with van der Waals surface area (Å²) >= 11 is 0. The van der Waals surface area contributed by atoms with Gasteiger partial charge in [-0.15, -0.1) is 0 Å². The molecule has 5 heteroatoms. The van der Waals surface area contributed by atoms with Crippen LogP contribution in [0.15, 0.2) is 36.4 Å². The lowest BCUT2D eigenvalue weighted by Gasteiger charge is -2.36. The van der Waals surface area contributed by atoms with Crippen LogP contribution in [0.1, 0.15) is 20.8 Å². The van der Waals surface area contributed by atoms with Gasteiger partial charge in [0, 0.05) is 11.1 Å². The van der Waals surface area contributed by atoms with Crippen LogP contribution in [0.4, 0.5) is 5.69 Å². The van der Waals surface area contributed by atoms with E-state index < -0.39 is 15.4 Å². The van der Waals surface area contributed by atoms with E-state index >= 15 is 0 Å². The minimum atomic E-state index is -1.85. The zero-order valence-corrected chi connectivity index (χ0v) is 15.4. The fourth-order valence-electron chi connectivity index (χ4n) is 2.11. The first-order chi connectivity index (χ1) is 10.1. The van der Waals surface area contributed by atoms with Crippen LogP contribution in [0.25, 0.3) is 10.8 Å². The summed E-state index contributed by atoms with van der Waals surface area (Å²) in [5.74, 6) is 0.902. The summed E-state index contributed by atoms with van der Waals surface area (Å²) in [5.41, 5.74) is 0.924. The molecule has 22 heavy (non-hydrogen) atoms. The highest BCUT2D eigenvalue weighted by atomic mass is 28.4. The first-order valence-electron chi connectivity index (χ1n) is 7.76.